The predicted molar refractivity (Wildman–Crippen MR) is 114 cm³/mol. The highest BCUT2D eigenvalue weighted by atomic mass is 32.3. The summed E-state index contributed by atoms with van der Waals surface area (Å²) >= 11 is 0. The Bertz CT molecular complexity index is 944. The SMILES string of the molecule is N[SH](=O)(NC(=O)c1cc(C2CC2)c(OCC23CC4CC(CC2C4)C3)cc1F)C1CC1. The summed E-state index contributed by atoms with van der Waals surface area (Å²) < 4.78 is 36.1. The minimum atomic E-state index is -3.27. The van der Waals surface area contributed by atoms with Crippen LogP contribution in [0.4, 0.5) is 4.39 Å². The number of ether oxygens (including phenoxy) is 1. The summed E-state index contributed by atoms with van der Waals surface area (Å²) in [6, 6.07) is 2.98. The number of carbonyl (C=O) groups is 1. The van der Waals surface area contributed by atoms with Crippen molar-refractivity contribution in [2.75, 3.05) is 6.61 Å². The largest absolute Gasteiger partial charge is 0.493 e. The molecule has 30 heavy (non-hydrogen) atoms. The number of nitrogens with two attached hydrogens (primary N) is 1. The normalized spacial score (nSPS) is 34.9. The lowest BCUT2D eigenvalue weighted by atomic mass is 9.76. The predicted octanol–water partition coefficient (Wildman–Crippen LogP) is 3.61. The molecule has 2 unspecified atom stereocenters. The van der Waals surface area contributed by atoms with E-state index in [0.717, 1.165) is 49.0 Å². The van der Waals surface area contributed by atoms with Crippen molar-refractivity contribution < 1.29 is 18.1 Å². The Morgan fingerprint density at radius 1 is 1.17 bits per heavy atom. The van der Waals surface area contributed by atoms with Crippen LogP contribution in [-0.2, 0) is 10.3 Å². The van der Waals surface area contributed by atoms with Crippen LogP contribution in [0.1, 0.15) is 79.6 Å². The third-order valence-electron chi connectivity index (χ3n) is 8.40. The first-order valence-electron chi connectivity index (χ1n) is 11.5. The molecule has 3 N–H and O–H groups in total. The number of amides is 1. The van der Waals surface area contributed by atoms with Crippen molar-refractivity contribution in [2.24, 2.45) is 28.3 Å². The van der Waals surface area contributed by atoms with Gasteiger partial charge in [-0.1, -0.05) is 0 Å². The quantitative estimate of drug-likeness (QED) is 0.574. The first kappa shape index (κ1) is 19.2. The lowest BCUT2D eigenvalue weighted by Crippen LogP contribution is -2.46. The minimum absolute atomic E-state index is 0.0745. The van der Waals surface area contributed by atoms with Crippen LogP contribution < -0.4 is 14.6 Å². The second kappa shape index (κ2) is 6.52. The molecule has 5 nitrogen and oxygen atoms in total. The third kappa shape index (κ3) is 3.20. The number of rotatable bonds is 7. The van der Waals surface area contributed by atoms with Gasteiger partial charge in [0.05, 0.1) is 12.2 Å². The standard InChI is InChI=1S/C23H31FN2O3S/c24-20-9-21(29-12-23-10-13-5-14(11-23)7-16(23)6-13)18(15-1-2-15)8-19(20)22(27)26-30(25,28)17-3-4-17/h8-9,13-17,30H,1-7,10-12H2,(H3,25,26,27,28). The van der Waals surface area contributed by atoms with Gasteiger partial charge in [0.1, 0.15) is 11.6 Å². The molecule has 7 rings (SSSR count). The highest BCUT2D eigenvalue weighted by Crippen LogP contribution is 2.65. The topological polar surface area (TPSA) is 81.4 Å². The van der Waals surface area contributed by atoms with Crippen molar-refractivity contribution in [1.82, 2.24) is 4.72 Å². The van der Waals surface area contributed by atoms with Crippen LogP contribution >= 0.6 is 0 Å². The molecule has 0 aliphatic heterocycles. The van der Waals surface area contributed by atoms with E-state index >= 15 is 0 Å². The molecule has 164 valence electrons. The van der Waals surface area contributed by atoms with Gasteiger partial charge in [-0.3, -0.25) is 18.9 Å². The molecule has 6 aliphatic carbocycles. The van der Waals surface area contributed by atoms with Gasteiger partial charge in [-0.2, -0.15) is 0 Å². The third-order valence-corrected chi connectivity index (χ3v) is 10.6. The summed E-state index contributed by atoms with van der Waals surface area (Å²) in [5.41, 5.74) is 1.11. The van der Waals surface area contributed by atoms with E-state index in [1.54, 1.807) is 6.07 Å². The first-order chi connectivity index (χ1) is 14.3. The summed E-state index contributed by atoms with van der Waals surface area (Å²) in [4.78, 5) is 12.6. The van der Waals surface area contributed by atoms with Crippen LogP contribution in [0.3, 0.4) is 0 Å². The van der Waals surface area contributed by atoms with E-state index in [0.29, 0.717) is 18.3 Å². The number of carbonyl (C=O) groups excluding carboxylic acids is 1. The Morgan fingerprint density at radius 2 is 1.87 bits per heavy atom. The van der Waals surface area contributed by atoms with Crippen molar-refractivity contribution in [1.29, 1.82) is 0 Å². The Balaban J connectivity index is 1.23. The molecule has 7 heteroatoms. The molecule has 6 aliphatic rings. The van der Waals surface area contributed by atoms with E-state index < -0.39 is 22.0 Å². The van der Waals surface area contributed by atoms with Gasteiger partial charge in [-0.25, -0.2) is 4.39 Å². The molecule has 0 heterocycles. The molecule has 0 aromatic heterocycles. The molecule has 4 bridgehead atoms. The molecule has 0 radical (unpaired) electrons. The van der Waals surface area contributed by atoms with Gasteiger partial charge in [-0.05, 0) is 93.1 Å². The number of halogens is 1. The van der Waals surface area contributed by atoms with Gasteiger partial charge < -0.3 is 4.74 Å². The fraction of sp³-hybridized carbons (Fsp3) is 0.696. The molecular weight excluding hydrogens is 403 g/mol. The fourth-order valence-corrected chi connectivity index (χ4v) is 8.31. The maximum atomic E-state index is 14.9. The molecule has 6 saturated carbocycles. The Labute approximate surface area is 178 Å². The van der Waals surface area contributed by atoms with E-state index in [9.17, 15) is 13.4 Å². The van der Waals surface area contributed by atoms with Crippen LogP contribution in [0.5, 0.6) is 5.75 Å². The summed E-state index contributed by atoms with van der Waals surface area (Å²) in [5.74, 6) is 2.08. The van der Waals surface area contributed by atoms with Crippen LogP contribution in [0.25, 0.3) is 0 Å². The van der Waals surface area contributed by atoms with E-state index in [1.165, 1.54) is 38.2 Å². The van der Waals surface area contributed by atoms with E-state index in [2.05, 4.69) is 4.72 Å². The van der Waals surface area contributed by atoms with E-state index in [1.807, 2.05) is 0 Å². The fourth-order valence-electron chi connectivity index (χ4n) is 6.77. The molecule has 1 aromatic carbocycles. The van der Waals surface area contributed by atoms with E-state index in [4.69, 9.17) is 9.88 Å². The molecule has 6 fully saturated rings. The van der Waals surface area contributed by atoms with Crippen LogP contribution in [0.2, 0.25) is 0 Å². The summed E-state index contributed by atoms with van der Waals surface area (Å²) in [6.45, 7) is 0.662. The lowest BCUT2D eigenvalue weighted by molar-refractivity contribution is 0.0975. The first-order valence-corrected chi connectivity index (χ1v) is 13.3. The van der Waals surface area contributed by atoms with Gasteiger partial charge in [-0.15, -0.1) is 0 Å². The average molecular weight is 435 g/mol. The highest BCUT2D eigenvalue weighted by Gasteiger charge is 2.58. The number of benzene rings is 1. The van der Waals surface area contributed by atoms with Gasteiger partial charge >= 0.3 is 0 Å². The molecular formula is C23H31FN2O3S. The Hall–Kier alpha value is -1.47. The van der Waals surface area contributed by atoms with Crippen molar-refractivity contribution in [3.63, 3.8) is 0 Å². The Morgan fingerprint density at radius 3 is 2.50 bits per heavy atom. The molecule has 1 aromatic rings. The zero-order chi connectivity index (χ0) is 20.7. The number of thiol groups is 1. The van der Waals surface area contributed by atoms with Crippen molar-refractivity contribution in [2.45, 2.75) is 69.0 Å². The zero-order valence-electron chi connectivity index (χ0n) is 17.2. The highest BCUT2D eigenvalue weighted by molar-refractivity contribution is 8.00. The number of hydrogen-bond acceptors (Lipinski definition) is 3. The van der Waals surface area contributed by atoms with Gasteiger partial charge in [0, 0.05) is 27.0 Å². The monoisotopic (exact) mass is 434 g/mol. The molecule has 1 amide bonds. The van der Waals surface area contributed by atoms with Crippen LogP contribution in [-0.4, -0.2) is 22.0 Å². The second-order valence-corrected chi connectivity index (χ2v) is 13.1. The summed E-state index contributed by atoms with van der Waals surface area (Å²) in [5, 5.41) is 5.65. The van der Waals surface area contributed by atoms with Crippen LogP contribution in [0, 0.1) is 29.0 Å². The van der Waals surface area contributed by atoms with Gasteiger partial charge in [0.25, 0.3) is 5.91 Å². The second-order valence-electron chi connectivity index (χ2n) is 10.7. The van der Waals surface area contributed by atoms with Gasteiger partial charge in [0.2, 0.25) is 0 Å². The van der Waals surface area contributed by atoms with E-state index in [-0.39, 0.29) is 16.2 Å². The number of nitrogens with one attached hydrogen (secondary N) is 1. The lowest BCUT2D eigenvalue weighted by Gasteiger charge is -2.33. The smallest absolute Gasteiger partial charge is 0.265 e. The average Bonchev–Trinajstić information content (AvgIpc) is 3.58. The van der Waals surface area contributed by atoms with Crippen molar-refractivity contribution >= 4 is 16.2 Å². The molecule has 2 atom stereocenters. The maximum absolute atomic E-state index is 14.9. The van der Waals surface area contributed by atoms with Crippen molar-refractivity contribution in [3.8, 4) is 5.75 Å². The summed E-state index contributed by atoms with van der Waals surface area (Å²) in [7, 11) is -3.27. The zero-order valence-corrected chi connectivity index (χ0v) is 18.1. The minimum Gasteiger partial charge on any atom is -0.493 e. The molecule has 0 saturated heterocycles. The molecule has 0 spiro atoms. The van der Waals surface area contributed by atoms with Crippen molar-refractivity contribution in [3.05, 3.63) is 29.1 Å². The number of hydrogen-bond donors (Lipinski definition) is 3. The summed E-state index contributed by atoms with van der Waals surface area (Å²) in [6.07, 6.45) is 10.1. The Kier molecular flexibility index (Phi) is 4.18. The van der Waals surface area contributed by atoms with Gasteiger partial charge in [0.15, 0.2) is 0 Å². The van der Waals surface area contributed by atoms with Crippen LogP contribution in [0.15, 0.2) is 12.1 Å². The maximum Gasteiger partial charge on any atom is 0.265 e.